The molecular formula is C17H28O6. The summed E-state index contributed by atoms with van der Waals surface area (Å²) in [6.07, 6.45) is 13.3. The van der Waals surface area contributed by atoms with Gasteiger partial charge >= 0.3 is 0 Å². The molecule has 4 fully saturated rings. The minimum atomic E-state index is -0.824. The lowest BCUT2D eigenvalue weighted by molar-refractivity contribution is -0.555. The van der Waals surface area contributed by atoms with Crippen LogP contribution in [0, 0.1) is 0 Å². The van der Waals surface area contributed by atoms with Crippen LogP contribution in [0.1, 0.15) is 89.9 Å². The van der Waals surface area contributed by atoms with Crippen molar-refractivity contribution in [2.45, 2.75) is 107 Å². The van der Waals surface area contributed by atoms with Crippen LogP contribution in [0.3, 0.4) is 0 Å². The maximum atomic E-state index is 5.84. The summed E-state index contributed by atoms with van der Waals surface area (Å²) in [5.41, 5.74) is 0. The Kier molecular flexibility index (Phi) is 4.64. The fourth-order valence-electron chi connectivity index (χ4n) is 4.09. The summed E-state index contributed by atoms with van der Waals surface area (Å²) in [5, 5.41) is 0. The molecule has 3 saturated carbocycles. The molecule has 0 bridgehead atoms. The molecule has 0 radical (unpaired) electrons. The van der Waals surface area contributed by atoms with Crippen LogP contribution in [0.2, 0.25) is 0 Å². The first-order valence-electron chi connectivity index (χ1n) is 9.35. The van der Waals surface area contributed by atoms with Gasteiger partial charge in [0.25, 0.3) is 0 Å². The van der Waals surface area contributed by atoms with Gasteiger partial charge in [0.2, 0.25) is 17.4 Å². The van der Waals surface area contributed by atoms with E-state index >= 15 is 0 Å². The van der Waals surface area contributed by atoms with Gasteiger partial charge in [0, 0.05) is 38.5 Å². The molecule has 0 N–H and O–H groups in total. The molecule has 3 aliphatic carbocycles. The predicted octanol–water partition coefficient (Wildman–Crippen LogP) is 4.44. The van der Waals surface area contributed by atoms with Crippen LogP contribution in [0.15, 0.2) is 0 Å². The maximum Gasteiger partial charge on any atom is 0.234 e. The van der Waals surface area contributed by atoms with Crippen molar-refractivity contribution in [3.63, 3.8) is 0 Å². The lowest BCUT2D eigenvalue weighted by atomic mass is 9.94. The third kappa shape index (κ3) is 3.43. The Morgan fingerprint density at radius 3 is 0.783 bits per heavy atom. The molecule has 0 aromatic carbocycles. The van der Waals surface area contributed by atoms with Crippen molar-refractivity contribution in [1.82, 2.24) is 0 Å². The molecule has 0 aromatic heterocycles. The van der Waals surface area contributed by atoms with Gasteiger partial charge in [0.05, 0.1) is 0 Å². The summed E-state index contributed by atoms with van der Waals surface area (Å²) in [4.78, 5) is 34.9. The minimum Gasteiger partial charge on any atom is -0.195 e. The zero-order valence-corrected chi connectivity index (χ0v) is 13.8. The molecule has 0 unspecified atom stereocenters. The molecule has 4 aliphatic rings. The molecule has 132 valence electrons. The monoisotopic (exact) mass is 328 g/mol. The molecule has 6 heteroatoms. The van der Waals surface area contributed by atoms with Gasteiger partial charge in [-0.1, -0.05) is 12.8 Å². The Morgan fingerprint density at radius 2 is 0.522 bits per heavy atom. The topological polar surface area (TPSA) is 55.4 Å². The molecule has 1 aliphatic heterocycles. The van der Waals surface area contributed by atoms with Gasteiger partial charge in [-0.25, -0.2) is 0 Å². The Balaban J connectivity index is 1.56. The summed E-state index contributed by atoms with van der Waals surface area (Å²) < 4.78 is 0. The van der Waals surface area contributed by atoms with Crippen molar-refractivity contribution in [2.24, 2.45) is 0 Å². The van der Waals surface area contributed by atoms with Gasteiger partial charge < -0.3 is 0 Å². The summed E-state index contributed by atoms with van der Waals surface area (Å²) >= 11 is 0. The van der Waals surface area contributed by atoms with Gasteiger partial charge in [0.1, 0.15) is 0 Å². The molecule has 0 amide bonds. The average Bonchev–Trinajstić information content (AvgIpc) is 3.09. The largest absolute Gasteiger partial charge is 0.234 e. The van der Waals surface area contributed by atoms with Gasteiger partial charge in [0.15, 0.2) is 0 Å². The van der Waals surface area contributed by atoms with E-state index in [1.807, 2.05) is 0 Å². The highest BCUT2D eigenvalue weighted by atomic mass is 17.4. The number of hydrogen-bond donors (Lipinski definition) is 0. The fraction of sp³-hybridized carbons (Fsp3) is 1.00. The van der Waals surface area contributed by atoms with Crippen LogP contribution in [0.25, 0.3) is 0 Å². The third-order valence-corrected chi connectivity index (χ3v) is 5.63. The van der Waals surface area contributed by atoms with E-state index in [0.717, 1.165) is 77.0 Å². The van der Waals surface area contributed by atoms with E-state index in [9.17, 15) is 0 Å². The average molecular weight is 328 g/mol. The molecule has 0 atom stereocenters. The first-order chi connectivity index (χ1) is 11.2. The van der Waals surface area contributed by atoms with E-state index in [-0.39, 0.29) is 0 Å². The zero-order valence-electron chi connectivity index (χ0n) is 13.8. The molecule has 23 heavy (non-hydrogen) atoms. The Hall–Kier alpha value is -0.240. The lowest BCUT2D eigenvalue weighted by Crippen LogP contribution is -2.44. The molecule has 3 spiro atoms. The third-order valence-electron chi connectivity index (χ3n) is 5.63. The molecule has 1 heterocycles. The molecular weight excluding hydrogens is 300 g/mol. The summed E-state index contributed by atoms with van der Waals surface area (Å²) in [6, 6.07) is 0. The predicted molar refractivity (Wildman–Crippen MR) is 79.3 cm³/mol. The number of rotatable bonds is 0. The quantitative estimate of drug-likeness (QED) is 0.613. The van der Waals surface area contributed by atoms with E-state index in [1.165, 1.54) is 12.8 Å². The molecule has 4 rings (SSSR count). The van der Waals surface area contributed by atoms with Crippen LogP contribution < -0.4 is 0 Å². The van der Waals surface area contributed by atoms with Gasteiger partial charge in [-0.2, -0.15) is 29.3 Å². The molecule has 1 saturated heterocycles. The van der Waals surface area contributed by atoms with E-state index in [4.69, 9.17) is 29.3 Å². The van der Waals surface area contributed by atoms with Crippen molar-refractivity contribution < 1.29 is 29.3 Å². The smallest absolute Gasteiger partial charge is 0.195 e. The number of hydrogen-bond acceptors (Lipinski definition) is 6. The van der Waals surface area contributed by atoms with Crippen molar-refractivity contribution in [3.05, 3.63) is 0 Å². The second-order valence-electron chi connectivity index (χ2n) is 7.56. The first kappa shape index (κ1) is 16.2. The van der Waals surface area contributed by atoms with Crippen molar-refractivity contribution in [2.75, 3.05) is 0 Å². The van der Waals surface area contributed by atoms with Crippen molar-refractivity contribution >= 4 is 0 Å². The van der Waals surface area contributed by atoms with Crippen LogP contribution in [-0.4, -0.2) is 17.4 Å². The van der Waals surface area contributed by atoms with Crippen LogP contribution >= 0.6 is 0 Å². The van der Waals surface area contributed by atoms with Crippen LogP contribution in [0.4, 0.5) is 0 Å². The SMILES string of the molecule is C1CCC2(CC1)OOC1(CCCCC1)OOC1(CCCC1)OO2. The lowest BCUT2D eigenvalue weighted by Gasteiger charge is -2.37. The van der Waals surface area contributed by atoms with E-state index in [1.54, 1.807) is 0 Å². The highest BCUT2D eigenvalue weighted by molar-refractivity contribution is 4.80. The van der Waals surface area contributed by atoms with Crippen molar-refractivity contribution in [3.8, 4) is 0 Å². The van der Waals surface area contributed by atoms with E-state index in [2.05, 4.69) is 0 Å². The normalized spacial score (nSPS) is 33.4. The second-order valence-corrected chi connectivity index (χ2v) is 7.56. The Labute approximate surface area is 137 Å². The zero-order chi connectivity index (χ0) is 15.6. The van der Waals surface area contributed by atoms with Crippen molar-refractivity contribution in [1.29, 1.82) is 0 Å². The Morgan fingerprint density at radius 1 is 0.304 bits per heavy atom. The van der Waals surface area contributed by atoms with E-state index < -0.39 is 17.4 Å². The summed E-state index contributed by atoms with van der Waals surface area (Å²) in [6.45, 7) is 0. The highest BCUT2D eigenvalue weighted by Gasteiger charge is 2.50. The summed E-state index contributed by atoms with van der Waals surface area (Å²) in [5.74, 6) is -2.46. The Bertz CT molecular complexity index is 362. The highest BCUT2D eigenvalue weighted by Crippen LogP contribution is 2.44. The second kappa shape index (κ2) is 6.58. The van der Waals surface area contributed by atoms with Gasteiger partial charge in [-0.3, -0.25) is 0 Å². The standard InChI is InChI=1S/C17H28O6/c1-3-9-15(10-4-1)18-19-16(11-5-2-6-12-16)21-23-17(22-20-15)13-7-8-14-17/h1-14H2. The molecule has 6 nitrogen and oxygen atoms in total. The maximum absolute atomic E-state index is 5.84. The summed E-state index contributed by atoms with van der Waals surface area (Å²) in [7, 11) is 0. The van der Waals surface area contributed by atoms with Crippen LogP contribution in [0.5, 0.6) is 0 Å². The van der Waals surface area contributed by atoms with E-state index in [0.29, 0.717) is 0 Å². The van der Waals surface area contributed by atoms with Gasteiger partial charge in [-0.15, -0.1) is 0 Å². The molecule has 0 aromatic rings. The van der Waals surface area contributed by atoms with Gasteiger partial charge in [-0.05, 0) is 38.5 Å². The fourth-order valence-corrected chi connectivity index (χ4v) is 4.09. The minimum absolute atomic E-state index is 0.777. The first-order valence-corrected chi connectivity index (χ1v) is 9.35. The van der Waals surface area contributed by atoms with Crippen LogP contribution in [-0.2, 0) is 29.3 Å².